The van der Waals surface area contributed by atoms with Gasteiger partial charge in [-0.3, -0.25) is 5.10 Å². The number of H-pyrrole nitrogens is 1. The number of nitrogens with one attached hydrogen (secondary N) is 1. The Morgan fingerprint density at radius 2 is 1.87 bits per heavy atom. The normalized spacial score (nSPS) is 11.3. The number of carbonyl (C=O) groups excluding carboxylic acids is 1. The van der Waals surface area contributed by atoms with Crippen LogP contribution in [0.3, 0.4) is 0 Å². The molecule has 4 rings (SSSR count). The lowest BCUT2D eigenvalue weighted by Gasteiger charge is -2.18. The molecule has 0 saturated carbocycles. The van der Waals surface area contributed by atoms with Crippen LogP contribution in [0.15, 0.2) is 59.6 Å². The zero-order valence-electron chi connectivity index (χ0n) is 17.8. The quantitative estimate of drug-likeness (QED) is 0.323. The summed E-state index contributed by atoms with van der Waals surface area (Å²) in [7, 11) is 0. The second kappa shape index (κ2) is 8.47. The van der Waals surface area contributed by atoms with E-state index in [4.69, 9.17) is 10.5 Å². The SMILES string of the molecule is CCc1cc(OC(N)=O)c(-c2[nH]nc(S)c2-c2cccc3ccccc23)cc1C(C)C. The molecule has 1 amide bonds. The van der Waals surface area contributed by atoms with Crippen LogP contribution < -0.4 is 10.5 Å². The van der Waals surface area contributed by atoms with Crippen molar-refractivity contribution >= 4 is 29.5 Å². The number of rotatable bonds is 5. The van der Waals surface area contributed by atoms with Gasteiger partial charge in [-0.25, -0.2) is 4.79 Å². The van der Waals surface area contributed by atoms with Gasteiger partial charge in [0.15, 0.2) is 0 Å². The zero-order chi connectivity index (χ0) is 22.1. The molecule has 158 valence electrons. The van der Waals surface area contributed by atoms with E-state index in [1.807, 2.05) is 24.3 Å². The van der Waals surface area contributed by atoms with Crippen LogP contribution in [-0.2, 0) is 6.42 Å². The number of aryl methyl sites for hydroxylation is 1. The van der Waals surface area contributed by atoms with Gasteiger partial charge in [-0.2, -0.15) is 5.10 Å². The minimum atomic E-state index is -0.849. The Labute approximate surface area is 187 Å². The summed E-state index contributed by atoms with van der Waals surface area (Å²) in [6.07, 6.45) is -0.0298. The van der Waals surface area contributed by atoms with E-state index < -0.39 is 6.09 Å². The Kier molecular flexibility index (Phi) is 5.74. The fourth-order valence-corrected chi connectivity index (χ4v) is 4.38. The molecule has 4 aromatic rings. The van der Waals surface area contributed by atoms with Crippen molar-refractivity contribution in [2.75, 3.05) is 0 Å². The highest BCUT2D eigenvalue weighted by Crippen LogP contribution is 2.43. The molecule has 0 atom stereocenters. The fourth-order valence-electron chi connectivity index (χ4n) is 4.10. The first-order valence-electron chi connectivity index (χ1n) is 10.3. The van der Waals surface area contributed by atoms with Gasteiger partial charge in [-0.15, -0.1) is 12.6 Å². The molecular weight excluding hydrogens is 406 g/mol. The highest BCUT2D eigenvalue weighted by atomic mass is 32.1. The number of ether oxygens (including phenoxy) is 1. The number of benzene rings is 3. The predicted octanol–water partition coefficient (Wildman–Crippen LogP) is 6.33. The summed E-state index contributed by atoms with van der Waals surface area (Å²) in [4.78, 5) is 11.7. The number of aromatic amines is 1. The monoisotopic (exact) mass is 431 g/mol. The molecule has 6 heteroatoms. The number of primary amides is 1. The van der Waals surface area contributed by atoms with E-state index in [1.54, 1.807) is 0 Å². The number of hydrogen-bond acceptors (Lipinski definition) is 4. The average molecular weight is 432 g/mol. The average Bonchev–Trinajstić information content (AvgIpc) is 3.13. The fraction of sp³-hybridized carbons (Fsp3) is 0.200. The molecule has 0 saturated heterocycles. The first-order valence-corrected chi connectivity index (χ1v) is 10.7. The number of nitrogens with two attached hydrogens (primary N) is 1. The van der Waals surface area contributed by atoms with Crippen molar-refractivity contribution in [1.29, 1.82) is 0 Å². The summed E-state index contributed by atoms with van der Waals surface area (Å²) in [5, 5.41) is 10.3. The lowest BCUT2D eigenvalue weighted by molar-refractivity contribution is 0.211. The summed E-state index contributed by atoms with van der Waals surface area (Å²) in [5.74, 6) is 0.711. The summed E-state index contributed by atoms with van der Waals surface area (Å²) in [5.41, 5.74) is 11.0. The number of carbonyl (C=O) groups is 1. The van der Waals surface area contributed by atoms with Gasteiger partial charge in [0.1, 0.15) is 10.8 Å². The van der Waals surface area contributed by atoms with Gasteiger partial charge in [0.2, 0.25) is 0 Å². The third kappa shape index (κ3) is 3.91. The van der Waals surface area contributed by atoms with Crippen molar-refractivity contribution in [3.05, 3.63) is 65.7 Å². The molecule has 31 heavy (non-hydrogen) atoms. The first kappa shape index (κ1) is 21.0. The minimum absolute atomic E-state index is 0.302. The molecule has 0 spiro atoms. The van der Waals surface area contributed by atoms with Gasteiger partial charge >= 0.3 is 6.09 Å². The van der Waals surface area contributed by atoms with Crippen LogP contribution in [0.1, 0.15) is 37.8 Å². The van der Waals surface area contributed by atoms with Crippen molar-refractivity contribution in [2.45, 2.75) is 38.1 Å². The van der Waals surface area contributed by atoms with Crippen LogP contribution >= 0.6 is 12.6 Å². The number of fused-ring (bicyclic) bond motifs is 1. The third-order valence-electron chi connectivity index (χ3n) is 5.53. The van der Waals surface area contributed by atoms with E-state index >= 15 is 0 Å². The topological polar surface area (TPSA) is 81.0 Å². The molecule has 0 radical (unpaired) electrons. The number of nitrogens with zero attached hydrogens (tertiary/aromatic N) is 1. The number of hydrogen-bond donors (Lipinski definition) is 3. The van der Waals surface area contributed by atoms with Gasteiger partial charge in [-0.1, -0.05) is 63.2 Å². The molecule has 0 unspecified atom stereocenters. The lowest BCUT2D eigenvalue weighted by Crippen LogP contribution is -2.17. The zero-order valence-corrected chi connectivity index (χ0v) is 18.7. The van der Waals surface area contributed by atoms with Crippen molar-refractivity contribution in [1.82, 2.24) is 10.2 Å². The van der Waals surface area contributed by atoms with Gasteiger partial charge in [0.25, 0.3) is 0 Å². The van der Waals surface area contributed by atoms with Crippen molar-refractivity contribution in [3.63, 3.8) is 0 Å². The van der Waals surface area contributed by atoms with Crippen molar-refractivity contribution in [3.8, 4) is 28.1 Å². The van der Waals surface area contributed by atoms with Crippen molar-refractivity contribution < 1.29 is 9.53 Å². The van der Waals surface area contributed by atoms with Crippen LogP contribution in [0.2, 0.25) is 0 Å². The molecule has 1 aromatic heterocycles. The van der Waals surface area contributed by atoms with Gasteiger partial charge < -0.3 is 10.5 Å². The Bertz CT molecular complexity index is 1270. The minimum Gasteiger partial charge on any atom is -0.410 e. The maximum atomic E-state index is 11.7. The largest absolute Gasteiger partial charge is 0.410 e. The predicted molar refractivity (Wildman–Crippen MR) is 128 cm³/mol. The van der Waals surface area contributed by atoms with Crippen LogP contribution in [0.4, 0.5) is 4.79 Å². The number of aromatic nitrogens is 2. The second-order valence-corrected chi connectivity index (χ2v) is 8.22. The molecule has 0 aliphatic carbocycles. The maximum Gasteiger partial charge on any atom is 0.409 e. The Hall–Kier alpha value is -3.25. The third-order valence-corrected chi connectivity index (χ3v) is 5.85. The molecule has 1 heterocycles. The highest BCUT2D eigenvalue weighted by molar-refractivity contribution is 7.80. The first-order chi connectivity index (χ1) is 14.9. The summed E-state index contributed by atoms with van der Waals surface area (Å²) >= 11 is 4.64. The van der Waals surface area contributed by atoms with E-state index in [0.29, 0.717) is 16.7 Å². The van der Waals surface area contributed by atoms with E-state index in [1.165, 1.54) is 5.56 Å². The van der Waals surface area contributed by atoms with Crippen LogP contribution in [0.25, 0.3) is 33.2 Å². The maximum absolute atomic E-state index is 11.7. The molecule has 0 aliphatic rings. The smallest absolute Gasteiger partial charge is 0.409 e. The van der Waals surface area contributed by atoms with E-state index in [-0.39, 0.29) is 0 Å². The van der Waals surface area contributed by atoms with Crippen LogP contribution in [0.5, 0.6) is 5.75 Å². The molecule has 0 bridgehead atoms. The van der Waals surface area contributed by atoms with Crippen LogP contribution in [0, 0.1) is 0 Å². The lowest BCUT2D eigenvalue weighted by atomic mass is 9.90. The van der Waals surface area contributed by atoms with E-state index in [9.17, 15) is 4.79 Å². The molecule has 5 nitrogen and oxygen atoms in total. The Morgan fingerprint density at radius 3 is 2.58 bits per heavy atom. The molecule has 3 aromatic carbocycles. The summed E-state index contributed by atoms with van der Waals surface area (Å²) in [6, 6.07) is 18.3. The van der Waals surface area contributed by atoms with E-state index in [2.05, 4.69) is 73.9 Å². The Balaban J connectivity index is 2.02. The van der Waals surface area contributed by atoms with Crippen LogP contribution in [-0.4, -0.2) is 16.3 Å². The summed E-state index contributed by atoms with van der Waals surface area (Å²) < 4.78 is 5.43. The highest BCUT2D eigenvalue weighted by Gasteiger charge is 2.22. The van der Waals surface area contributed by atoms with E-state index in [0.717, 1.165) is 45.1 Å². The van der Waals surface area contributed by atoms with Gasteiger partial charge in [-0.05, 0) is 51.9 Å². The van der Waals surface area contributed by atoms with Gasteiger partial charge in [0.05, 0.1) is 5.69 Å². The molecule has 0 aliphatic heterocycles. The molecular formula is C25H25N3O2S. The number of thiol groups is 1. The van der Waals surface area contributed by atoms with Crippen molar-refractivity contribution in [2.24, 2.45) is 5.73 Å². The number of amides is 1. The Morgan fingerprint density at radius 1 is 1.13 bits per heavy atom. The van der Waals surface area contributed by atoms with Gasteiger partial charge in [0, 0.05) is 11.1 Å². The molecule has 3 N–H and O–H groups in total. The second-order valence-electron chi connectivity index (χ2n) is 7.80. The summed E-state index contributed by atoms with van der Waals surface area (Å²) in [6.45, 7) is 6.38. The standard InChI is InChI=1S/C25H25N3O2S/c1-4-15-12-21(30-25(26)29)20(13-19(15)14(2)3)23-22(24(31)28-27-23)18-11-7-9-16-8-5-6-10-17(16)18/h5-14H,4H2,1-3H3,(H2,26,29)(H2,27,28,31). The molecule has 0 fully saturated rings.